The monoisotopic (exact) mass is 693 g/mol. The fraction of sp³-hybridized carbons (Fsp3) is 0.0566. The molecule has 0 aromatic heterocycles. The number of aryl methyl sites for hydroxylation is 3. The first-order valence-electron chi connectivity index (χ1n) is 18.6. The molecule has 0 aliphatic heterocycles. The molecule has 1 nitrogen and oxygen atoms in total. The van der Waals surface area contributed by atoms with Gasteiger partial charge in [-0.25, -0.2) is 0 Å². The van der Waals surface area contributed by atoms with Crippen LogP contribution in [0.2, 0.25) is 0 Å². The van der Waals surface area contributed by atoms with Crippen LogP contribution in [0.4, 0.5) is 17.1 Å². The summed E-state index contributed by atoms with van der Waals surface area (Å²) < 4.78 is 0. The van der Waals surface area contributed by atoms with E-state index in [0.29, 0.717) is 0 Å². The number of hydrogen-bond donors (Lipinski definition) is 0. The maximum absolute atomic E-state index is 4.16. The number of anilines is 3. The Labute approximate surface area is 319 Å². The smallest absolute Gasteiger partial charge is 0.0540 e. The number of benzene rings is 8. The summed E-state index contributed by atoms with van der Waals surface area (Å²) in [5, 5.41) is 2.41. The largest absolute Gasteiger partial charge is 0.310 e. The van der Waals surface area contributed by atoms with Crippen molar-refractivity contribution in [1.82, 2.24) is 0 Å². The topological polar surface area (TPSA) is 3.24 Å². The van der Waals surface area contributed by atoms with Crippen LogP contribution in [-0.4, -0.2) is 0 Å². The molecule has 0 fully saturated rings. The van der Waals surface area contributed by atoms with Crippen molar-refractivity contribution in [3.8, 4) is 44.5 Å². The summed E-state index contributed by atoms with van der Waals surface area (Å²) in [4.78, 5) is 2.39. The molecule has 0 spiro atoms. The van der Waals surface area contributed by atoms with Gasteiger partial charge in [0, 0.05) is 16.8 Å². The fourth-order valence-corrected chi connectivity index (χ4v) is 7.66. The van der Waals surface area contributed by atoms with Crippen LogP contribution >= 0.6 is 0 Å². The second kappa shape index (κ2) is 14.7. The van der Waals surface area contributed by atoms with Crippen LogP contribution in [-0.2, 0) is 0 Å². The summed E-state index contributed by atoms with van der Waals surface area (Å²) in [7, 11) is 0. The minimum Gasteiger partial charge on any atom is -0.310 e. The van der Waals surface area contributed by atoms with Crippen LogP contribution in [0.1, 0.15) is 22.3 Å². The molecule has 8 aromatic rings. The first-order valence-corrected chi connectivity index (χ1v) is 18.6. The highest BCUT2D eigenvalue weighted by Crippen LogP contribution is 2.43. The van der Waals surface area contributed by atoms with Crippen LogP contribution in [0.15, 0.2) is 195 Å². The Morgan fingerprint density at radius 2 is 0.981 bits per heavy atom. The Bertz CT molecular complexity index is 2640. The Morgan fingerprint density at radius 3 is 1.65 bits per heavy atom. The first-order chi connectivity index (χ1) is 26.4. The molecule has 260 valence electrons. The van der Waals surface area contributed by atoms with E-state index in [1.165, 1.54) is 72.0 Å². The van der Waals surface area contributed by atoms with Crippen LogP contribution < -0.4 is 4.90 Å². The lowest BCUT2D eigenvalue weighted by Gasteiger charge is -2.28. The lowest BCUT2D eigenvalue weighted by Crippen LogP contribution is -2.10. The van der Waals surface area contributed by atoms with Gasteiger partial charge in [-0.2, -0.15) is 0 Å². The second-order valence-electron chi connectivity index (χ2n) is 14.1. The average molecular weight is 694 g/mol. The number of nitrogens with zero attached hydrogens (tertiary/aromatic N) is 1. The summed E-state index contributed by atoms with van der Waals surface area (Å²) >= 11 is 0. The van der Waals surface area contributed by atoms with Crippen LogP contribution in [0.3, 0.4) is 0 Å². The molecule has 0 saturated carbocycles. The highest BCUT2D eigenvalue weighted by atomic mass is 15.1. The van der Waals surface area contributed by atoms with Gasteiger partial charge in [-0.05, 0) is 135 Å². The zero-order valence-corrected chi connectivity index (χ0v) is 31.2. The van der Waals surface area contributed by atoms with Gasteiger partial charge in [-0.1, -0.05) is 159 Å². The molecule has 0 aliphatic rings. The summed E-state index contributed by atoms with van der Waals surface area (Å²) in [6.45, 7) is 14.6. The van der Waals surface area contributed by atoms with Crippen molar-refractivity contribution < 1.29 is 0 Å². The molecule has 0 aliphatic carbocycles. The molecular weight excluding hydrogens is 651 g/mol. The molecule has 8 aromatic carbocycles. The van der Waals surface area contributed by atoms with E-state index in [1.807, 2.05) is 6.08 Å². The third-order valence-electron chi connectivity index (χ3n) is 10.6. The number of fused-ring (bicyclic) bond motifs is 1. The SMILES string of the molecule is C=CC(=C)c1ccc(-c2ccc(N(c3ccc(-c4ccccc4)cc3)c3ccc(-c4ccc(C)c(-c5ccccc5C)c4)c4ccccc34)cc2)cc1C. The van der Waals surface area contributed by atoms with Gasteiger partial charge in [-0.3, -0.25) is 0 Å². The van der Waals surface area contributed by atoms with Crippen molar-refractivity contribution in [3.05, 3.63) is 217 Å². The molecule has 0 N–H and O–H groups in total. The minimum absolute atomic E-state index is 0.940. The maximum atomic E-state index is 4.16. The standard InChI is InChI=1S/C53H43N/c1-6-36(2)47-31-26-43(34-39(47)5)42-24-29-46(30-25-42)54(45-27-22-41(23-28-45)40-15-8-7-9-16-40)53-33-32-49(50-18-12-13-19-51(50)53)44-21-20-38(4)52(35-44)48-17-11-10-14-37(48)3/h6-35H,1-2H2,3-5H3. The predicted octanol–water partition coefficient (Wildman–Crippen LogP) is 15.1. The van der Waals surface area contributed by atoms with Gasteiger partial charge >= 0.3 is 0 Å². The van der Waals surface area contributed by atoms with Crippen LogP contribution in [0, 0.1) is 20.8 Å². The molecular formula is C53H43N. The molecule has 0 amide bonds. The summed E-state index contributed by atoms with van der Waals surface area (Å²) in [6, 6.07) is 63.9. The third kappa shape index (κ3) is 6.57. The second-order valence-corrected chi connectivity index (χ2v) is 14.1. The summed E-state index contributed by atoms with van der Waals surface area (Å²) in [5.41, 5.74) is 18.9. The Kier molecular flexibility index (Phi) is 9.38. The Balaban J connectivity index is 1.25. The zero-order valence-electron chi connectivity index (χ0n) is 31.2. The van der Waals surface area contributed by atoms with Gasteiger partial charge in [0.05, 0.1) is 5.69 Å². The molecule has 54 heavy (non-hydrogen) atoms. The van der Waals surface area contributed by atoms with Gasteiger partial charge < -0.3 is 4.90 Å². The highest BCUT2D eigenvalue weighted by molar-refractivity contribution is 6.06. The highest BCUT2D eigenvalue weighted by Gasteiger charge is 2.19. The van der Waals surface area contributed by atoms with E-state index in [1.54, 1.807) is 0 Å². The van der Waals surface area contributed by atoms with Crippen molar-refractivity contribution in [2.24, 2.45) is 0 Å². The molecule has 0 saturated heterocycles. The third-order valence-corrected chi connectivity index (χ3v) is 10.6. The molecule has 0 radical (unpaired) electrons. The van der Waals surface area contributed by atoms with E-state index in [4.69, 9.17) is 0 Å². The van der Waals surface area contributed by atoms with Crippen molar-refractivity contribution >= 4 is 33.4 Å². The van der Waals surface area contributed by atoms with Crippen LogP contribution in [0.5, 0.6) is 0 Å². The van der Waals surface area contributed by atoms with Gasteiger partial charge in [0.1, 0.15) is 0 Å². The normalized spacial score (nSPS) is 11.0. The molecule has 0 unspecified atom stereocenters. The molecule has 0 bridgehead atoms. The summed E-state index contributed by atoms with van der Waals surface area (Å²) in [5.74, 6) is 0. The Morgan fingerprint density at radius 1 is 0.426 bits per heavy atom. The van der Waals surface area contributed by atoms with E-state index in [-0.39, 0.29) is 0 Å². The number of rotatable bonds is 9. The number of hydrogen-bond acceptors (Lipinski definition) is 1. The van der Waals surface area contributed by atoms with Gasteiger partial charge in [-0.15, -0.1) is 0 Å². The van der Waals surface area contributed by atoms with E-state index in [9.17, 15) is 0 Å². The quantitative estimate of drug-likeness (QED) is 0.136. The van der Waals surface area contributed by atoms with E-state index in [2.05, 4.69) is 215 Å². The average Bonchev–Trinajstić information content (AvgIpc) is 3.22. The van der Waals surface area contributed by atoms with E-state index >= 15 is 0 Å². The molecule has 0 atom stereocenters. The molecule has 0 heterocycles. The minimum atomic E-state index is 0.940. The van der Waals surface area contributed by atoms with Gasteiger partial charge in [0.15, 0.2) is 0 Å². The summed E-state index contributed by atoms with van der Waals surface area (Å²) in [6.07, 6.45) is 1.82. The molecule has 8 rings (SSSR count). The van der Waals surface area contributed by atoms with Crippen LogP contribution in [0.25, 0.3) is 60.9 Å². The van der Waals surface area contributed by atoms with Crippen molar-refractivity contribution in [3.63, 3.8) is 0 Å². The first kappa shape index (κ1) is 34.4. The predicted molar refractivity (Wildman–Crippen MR) is 234 cm³/mol. The van der Waals surface area contributed by atoms with E-state index in [0.717, 1.165) is 28.2 Å². The van der Waals surface area contributed by atoms with E-state index < -0.39 is 0 Å². The zero-order chi connectivity index (χ0) is 37.2. The van der Waals surface area contributed by atoms with Crippen molar-refractivity contribution in [2.45, 2.75) is 20.8 Å². The maximum Gasteiger partial charge on any atom is 0.0540 e. The van der Waals surface area contributed by atoms with Gasteiger partial charge in [0.2, 0.25) is 0 Å². The van der Waals surface area contributed by atoms with Gasteiger partial charge in [0.25, 0.3) is 0 Å². The Hall–Kier alpha value is -6.70. The lowest BCUT2D eigenvalue weighted by atomic mass is 9.90. The lowest BCUT2D eigenvalue weighted by molar-refractivity contribution is 1.30. The fourth-order valence-electron chi connectivity index (χ4n) is 7.66. The molecule has 1 heteroatoms. The number of allylic oxidation sites excluding steroid dienone is 2. The van der Waals surface area contributed by atoms with Crippen molar-refractivity contribution in [1.29, 1.82) is 0 Å². The van der Waals surface area contributed by atoms with Crippen molar-refractivity contribution in [2.75, 3.05) is 4.90 Å².